The highest BCUT2D eigenvalue weighted by atomic mass is 32.2. The van der Waals surface area contributed by atoms with E-state index in [0.29, 0.717) is 4.90 Å². The third-order valence-electron chi connectivity index (χ3n) is 1.89. The van der Waals surface area contributed by atoms with Gasteiger partial charge in [-0.15, -0.1) is 0 Å². The minimum absolute atomic E-state index is 0.0510. The van der Waals surface area contributed by atoms with Gasteiger partial charge in [-0.25, -0.2) is 4.39 Å². The topological polar surface area (TPSA) is 20.2 Å². The lowest BCUT2D eigenvalue weighted by Crippen LogP contribution is -1.80. The van der Waals surface area contributed by atoms with E-state index in [0.717, 1.165) is 11.0 Å². The van der Waals surface area contributed by atoms with E-state index < -0.39 is 5.82 Å². The van der Waals surface area contributed by atoms with Crippen LogP contribution in [0, 0.1) is 5.82 Å². The average Bonchev–Trinajstić information content (AvgIpc) is 2.24. The van der Waals surface area contributed by atoms with Crippen LogP contribution in [-0.2, 0) is 0 Å². The van der Waals surface area contributed by atoms with Crippen LogP contribution in [0.25, 0.3) is 0 Å². The van der Waals surface area contributed by atoms with Crippen molar-refractivity contribution in [1.29, 1.82) is 0 Å². The van der Waals surface area contributed by atoms with Crippen molar-refractivity contribution in [3.05, 3.63) is 54.3 Å². The van der Waals surface area contributed by atoms with Crippen molar-refractivity contribution in [2.75, 3.05) is 0 Å². The molecule has 0 radical (unpaired) electrons. The Morgan fingerprint density at radius 3 is 2.40 bits per heavy atom. The van der Waals surface area contributed by atoms with Crippen LogP contribution in [-0.4, -0.2) is 5.11 Å². The lowest BCUT2D eigenvalue weighted by Gasteiger charge is -2.02. The normalized spacial score (nSPS) is 10.2. The highest BCUT2D eigenvalue weighted by Gasteiger charge is 2.04. The summed E-state index contributed by atoms with van der Waals surface area (Å²) in [5, 5.41) is 9.05. The predicted molar refractivity (Wildman–Crippen MR) is 58.6 cm³/mol. The average molecular weight is 220 g/mol. The first kappa shape index (κ1) is 10.1. The Kier molecular flexibility index (Phi) is 2.92. The van der Waals surface area contributed by atoms with Gasteiger partial charge in [0.15, 0.2) is 0 Å². The summed E-state index contributed by atoms with van der Waals surface area (Å²) >= 11 is 1.34. The van der Waals surface area contributed by atoms with Crippen molar-refractivity contribution in [2.24, 2.45) is 0 Å². The van der Waals surface area contributed by atoms with Gasteiger partial charge in [-0.05, 0) is 24.3 Å². The SMILES string of the molecule is Oc1ccc(Sc2ccccc2)c(F)c1. The predicted octanol–water partition coefficient (Wildman–Crippen LogP) is 3.68. The molecule has 2 aromatic rings. The molecule has 1 nitrogen and oxygen atoms in total. The first-order chi connectivity index (χ1) is 7.25. The molecule has 0 aliphatic rings. The zero-order valence-electron chi connectivity index (χ0n) is 7.85. The fourth-order valence-corrected chi connectivity index (χ4v) is 2.03. The Bertz CT molecular complexity index is 456. The van der Waals surface area contributed by atoms with Crippen LogP contribution in [0.5, 0.6) is 5.75 Å². The molecule has 0 bridgehead atoms. The molecular weight excluding hydrogens is 211 g/mol. The van der Waals surface area contributed by atoms with Crippen molar-refractivity contribution in [3.63, 3.8) is 0 Å². The molecule has 0 unspecified atom stereocenters. The van der Waals surface area contributed by atoms with Gasteiger partial charge in [-0.3, -0.25) is 0 Å². The number of hydrogen-bond donors (Lipinski definition) is 1. The summed E-state index contributed by atoms with van der Waals surface area (Å²) in [4.78, 5) is 1.49. The molecule has 0 saturated heterocycles. The van der Waals surface area contributed by atoms with Crippen LogP contribution in [0.3, 0.4) is 0 Å². The van der Waals surface area contributed by atoms with E-state index in [4.69, 9.17) is 5.11 Å². The molecule has 0 amide bonds. The number of halogens is 1. The van der Waals surface area contributed by atoms with Gasteiger partial charge in [0, 0.05) is 15.9 Å². The fourth-order valence-electron chi connectivity index (χ4n) is 1.19. The largest absolute Gasteiger partial charge is 0.508 e. The summed E-state index contributed by atoms with van der Waals surface area (Å²) in [6.07, 6.45) is 0. The Balaban J connectivity index is 2.25. The Morgan fingerprint density at radius 1 is 1.00 bits per heavy atom. The van der Waals surface area contributed by atoms with Crippen LogP contribution in [0.2, 0.25) is 0 Å². The fraction of sp³-hybridized carbons (Fsp3) is 0. The molecule has 76 valence electrons. The minimum Gasteiger partial charge on any atom is -0.508 e. The first-order valence-corrected chi connectivity index (χ1v) is 5.29. The maximum absolute atomic E-state index is 13.4. The number of phenols is 1. The van der Waals surface area contributed by atoms with Crippen molar-refractivity contribution in [3.8, 4) is 5.75 Å². The second-order valence-electron chi connectivity index (χ2n) is 3.03. The highest BCUT2D eigenvalue weighted by Crippen LogP contribution is 2.30. The van der Waals surface area contributed by atoms with Gasteiger partial charge in [-0.1, -0.05) is 30.0 Å². The van der Waals surface area contributed by atoms with Crippen LogP contribution in [0.1, 0.15) is 0 Å². The summed E-state index contributed by atoms with van der Waals surface area (Å²) < 4.78 is 13.4. The van der Waals surface area contributed by atoms with Gasteiger partial charge in [-0.2, -0.15) is 0 Å². The second-order valence-corrected chi connectivity index (χ2v) is 4.15. The van der Waals surface area contributed by atoms with Gasteiger partial charge in [0.2, 0.25) is 0 Å². The van der Waals surface area contributed by atoms with Crippen LogP contribution < -0.4 is 0 Å². The van der Waals surface area contributed by atoms with E-state index in [1.807, 2.05) is 30.3 Å². The molecule has 15 heavy (non-hydrogen) atoms. The third-order valence-corrected chi connectivity index (χ3v) is 2.95. The summed E-state index contributed by atoms with van der Waals surface area (Å²) in [5.41, 5.74) is 0. The minimum atomic E-state index is -0.399. The van der Waals surface area contributed by atoms with Gasteiger partial charge < -0.3 is 5.11 Å². The molecule has 0 heterocycles. The van der Waals surface area contributed by atoms with Crippen molar-refractivity contribution in [2.45, 2.75) is 9.79 Å². The molecule has 1 N–H and O–H groups in total. The van der Waals surface area contributed by atoms with E-state index in [9.17, 15) is 4.39 Å². The van der Waals surface area contributed by atoms with Crippen LogP contribution in [0.4, 0.5) is 4.39 Å². The smallest absolute Gasteiger partial charge is 0.140 e. The molecule has 0 atom stereocenters. The van der Waals surface area contributed by atoms with Crippen molar-refractivity contribution >= 4 is 11.8 Å². The molecule has 0 fully saturated rings. The molecule has 2 aromatic carbocycles. The van der Waals surface area contributed by atoms with Crippen molar-refractivity contribution in [1.82, 2.24) is 0 Å². The number of rotatable bonds is 2. The van der Waals surface area contributed by atoms with E-state index in [1.165, 1.54) is 17.8 Å². The number of aromatic hydroxyl groups is 1. The lowest BCUT2D eigenvalue weighted by molar-refractivity contribution is 0.466. The van der Waals surface area contributed by atoms with E-state index in [2.05, 4.69) is 0 Å². The summed E-state index contributed by atoms with van der Waals surface area (Å²) in [7, 11) is 0. The Morgan fingerprint density at radius 2 is 1.73 bits per heavy atom. The van der Waals surface area contributed by atoms with Gasteiger partial charge in [0.25, 0.3) is 0 Å². The van der Waals surface area contributed by atoms with Gasteiger partial charge in [0.1, 0.15) is 11.6 Å². The zero-order chi connectivity index (χ0) is 10.7. The first-order valence-electron chi connectivity index (χ1n) is 4.47. The van der Waals surface area contributed by atoms with Crippen LogP contribution >= 0.6 is 11.8 Å². The quantitative estimate of drug-likeness (QED) is 0.833. The summed E-state index contributed by atoms with van der Waals surface area (Å²) in [6, 6.07) is 13.7. The molecular formula is C12H9FOS. The van der Waals surface area contributed by atoms with Gasteiger partial charge >= 0.3 is 0 Å². The molecule has 0 saturated carbocycles. The maximum Gasteiger partial charge on any atom is 0.140 e. The van der Waals surface area contributed by atoms with E-state index in [1.54, 1.807) is 6.07 Å². The number of benzene rings is 2. The molecule has 3 heteroatoms. The third kappa shape index (κ3) is 2.50. The Hall–Kier alpha value is -1.48. The standard InChI is InChI=1S/C12H9FOS/c13-11-8-9(14)6-7-12(11)15-10-4-2-1-3-5-10/h1-8,14H. The van der Waals surface area contributed by atoms with Gasteiger partial charge in [0.05, 0.1) is 0 Å². The van der Waals surface area contributed by atoms with E-state index >= 15 is 0 Å². The number of phenolic OH excluding ortho intramolecular Hbond substituents is 1. The molecule has 0 spiro atoms. The Labute approximate surface area is 91.6 Å². The van der Waals surface area contributed by atoms with E-state index in [-0.39, 0.29) is 5.75 Å². The number of hydrogen-bond acceptors (Lipinski definition) is 2. The molecule has 2 rings (SSSR count). The summed E-state index contributed by atoms with van der Waals surface area (Å²) in [6.45, 7) is 0. The lowest BCUT2D eigenvalue weighted by atomic mass is 10.3. The van der Waals surface area contributed by atoms with Crippen molar-refractivity contribution < 1.29 is 9.50 Å². The highest BCUT2D eigenvalue weighted by molar-refractivity contribution is 7.99. The maximum atomic E-state index is 13.4. The van der Waals surface area contributed by atoms with Crippen LogP contribution in [0.15, 0.2) is 58.3 Å². The monoisotopic (exact) mass is 220 g/mol. The molecule has 0 aliphatic heterocycles. The second kappa shape index (κ2) is 4.36. The summed E-state index contributed by atoms with van der Waals surface area (Å²) in [5.74, 6) is -0.450. The zero-order valence-corrected chi connectivity index (χ0v) is 8.67. The molecule has 0 aromatic heterocycles. The molecule has 0 aliphatic carbocycles.